The second-order valence-electron chi connectivity index (χ2n) is 2.63. The number of nitro groups is 1. The van der Waals surface area contributed by atoms with Crippen molar-refractivity contribution in [2.75, 3.05) is 13.7 Å². The van der Waals surface area contributed by atoms with E-state index in [0.717, 1.165) is 0 Å². The minimum absolute atomic E-state index is 0.0153. The molecule has 1 aromatic heterocycles. The first-order chi connectivity index (χ1) is 6.15. The molecule has 0 amide bonds. The zero-order valence-electron chi connectivity index (χ0n) is 7.19. The lowest BCUT2D eigenvalue weighted by Gasteiger charge is -2.06. The topological polar surface area (TPSA) is 94.2 Å². The maximum atomic E-state index is 10.3. The molecule has 1 rings (SSSR count). The van der Waals surface area contributed by atoms with Gasteiger partial charge < -0.3 is 15.5 Å². The number of hydrogen-bond acceptors (Lipinski definition) is 4. The quantitative estimate of drug-likeness (QED) is 0.529. The van der Waals surface area contributed by atoms with Crippen LogP contribution in [-0.2, 0) is 4.74 Å². The van der Waals surface area contributed by atoms with E-state index in [1.54, 1.807) is 0 Å². The predicted octanol–water partition coefficient (Wildman–Crippen LogP) is 0.569. The smallest absolute Gasteiger partial charge is 0.287 e. The van der Waals surface area contributed by atoms with Crippen LogP contribution in [0.25, 0.3) is 0 Å². The number of ether oxygens (including phenoxy) is 1. The third-order valence-electron chi connectivity index (χ3n) is 1.65. The van der Waals surface area contributed by atoms with Crippen molar-refractivity contribution >= 4 is 5.69 Å². The summed E-state index contributed by atoms with van der Waals surface area (Å²) in [6.45, 7) is 0.331. The molecule has 1 heterocycles. The zero-order chi connectivity index (χ0) is 9.84. The van der Waals surface area contributed by atoms with Crippen LogP contribution in [0.15, 0.2) is 12.3 Å². The average Bonchev–Trinajstić information content (AvgIpc) is 2.52. The Labute approximate surface area is 74.8 Å². The van der Waals surface area contributed by atoms with Gasteiger partial charge in [-0.1, -0.05) is 0 Å². The van der Waals surface area contributed by atoms with Gasteiger partial charge in [-0.2, -0.15) is 0 Å². The number of aromatic amines is 1. The second kappa shape index (κ2) is 4.01. The van der Waals surface area contributed by atoms with Crippen molar-refractivity contribution < 1.29 is 9.66 Å². The number of aromatic nitrogens is 1. The molecule has 6 nitrogen and oxygen atoms in total. The third kappa shape index (κ3) is 2.27. The monoisotopic (exact) mass is 185 g/mol. The average molecular weight is 185 g/mol. The molecule has 0 aliphatic carbocycles. The Bertz CT molecular complexity index is 297. The highest BCUT2D eigenvalue weighted by Gasteiger charge is 2.13. The van der Waals surface area contributed by atoms with E-state index in [1.807, 2.05) is 0 Å². The first-order valence-electron chi connectivity index (χ1n) is 3.72. The van der Waals surface area contributed by atoms with Crippen LogP contribution in [0.1, 0.15) is 11.7 Å². The Kier molecular flexibility index (Phi) is 2.99. The Morgan fingerprint density at radius 1 is 1.85 bits per heavy atom. The molecular weight excluding hydrogens is 174 g/mol. The van der Waals surface area contributed by atoms with E-state index in [4.69, 9.17) is 10.5 Å². The zero-order valence-corrected chi connectivity index (χ0v) is 7.19. The van der Waals surface area contributed by atoms with Crippen LogP contribution in [0.5, 0.6) is 0 Å². The summed E-state index contributed by atoms with van der Waals surface area (Å²) in [6.07, 6.45) is 1.31. The van der Waals surface area contributed by atoms with Gasteiger partial charge in [-0.3, -0.25) is 10.1 Å². The first-order valence-corrected chi connectivity index (χ1v) is 3.72. The Balaban J connectivity index is 2.73. The molecule has 13 heavy (non-hydrogen) atoms. The Morgan fingerprint density at radius 3 is 3.00 bits per heavy atom. The van der Waals surface area contributed by atoms with Gasteiger partial charge in [-0.15, -0.1) is 0 Å². The normalized spacial score (nSPS) is 12.8. The van der Waals surface area contributed by atoms with Crippen molar-refractivity contribution in [1.29, 1.82) is 0 Å². The van der Waals surface area contributed by atoms with E-state index < -0.39 is 4.92 Å². The van der Waals surface area contributed by atoms with Crippen LogP contribution in [0.4, 0.5) is 5.69 Å². The third-order valence-corrected chi connectivity index (χ3v) is 1.65. The number of hydrogen-bond donors (Lipinski definition) is 2. The highest BCUT2D eigenvalue weighted by Crippen LogP contribution is 2.16. The Hall–Kier alpha value is -1.40. The minimum atomic E-state index is -0.473. The van der Waals surface area contributed by atoms with Crippen LogP contribution < -0.4 is 5.73 Å². The molecule has 0 saturated heterocycles. The molecule has 0 spiro atoms. The van der Waals surface area contributed by atoms with Gasteiger partial charge >= 0.3 is 0 Å². The summed E-state index contributed by atoms with van der Waals surface area (Å²) < 4.78 is 4.81. The van der Waals surface area contributed by atoms with Crippen molar-refractivity contribution in [3.8, 4) is 0 Å². The van der Waals surface area contributed by atoms with Crippen molar-refractivity contribution in [2.45, 2.75) is 6.04 Å². The highest BCUT2D eigenvalue weighted by atomic mass is 16.6. The minimum Gasteiger partial charge on any atom is -0.383 e. The molecule has 0 fully saturated rings. The van der Waals surface area contributed by atoms with Gasteiger partial charge in [0.25, 0.3) is 5.69 Å². The first kappa shape index (κ1) is 9.69. The van der Waals surface area contributed by atoms with Gasteiger partial charge in [0.1, 0.15) is 0 Å². The number of H-pyrrole nitrogens is 1. The van der Waals surface area contributed by atoms with Crippen molar-refractivity contribution in [2.24, 2.45) is 5.73 Å². The number of nitrogens with two attached hydrogens (primary N) is 1. The van der Waals surface area contributed by atoms with E-state index in [-0.39, 0.29) is 11.7 Å². The standard InChI is InChI=1S/C7H11N3O3/c1-13-4-6(8)7-2-5(3-9-7)10(11)12/h2-3,6,9H,4,8H2,1H3/t6-/m0/s1. The Morgan fingerprint density at radius 2 is 2.54 bits per heavy atom. The van der Waals surface area contributed by atoms with Gasteiger partial charge in [0, 0.05) is 18.9 Å². The van der Waals surface area contributed by atoms with E-state index >= 15 is 0 Å². The van der Waals surface area contributed by atoms with Crippen LogP contribution in [0, 0.1) is 10.1 Å². The summed E-state index contributed by atoms with van der Waals surface area (Å²) in [6, 6.07) is 1.06. The maximum Gasteiger partial charge on any atom is 0.287 e. The molecule has 0 aliphatic rings. The summed E-state index contributed by atoms with van der Waals surface area (Å²) in [7, 11) is 1.53. The van der Waals surface area contributed by atoms with Gasteiger partial charge in [0.05, 0.1) is 23.8 Å². The molecular formula is C7H11N3O3. The SMILES string of the molecule is COC[C@H](N)c1cc([N+](=O)[O-])c[nH]1. The molecule has 0 radical (unpaired) electrons. The van der Waals surface area contributed by atoms with Crippen molar-refractivity contribution in [3.05, 3.63) is 28.1 Å². The molecule has 1 atom stereocenters. The number of rotatable bonds is 4. The number of nitrogens with zero attached hydrogens (tertiary/aromatic N) is 1. The van der Waals surface area contributed by atoms with Gasteiger partial charge in [-0.05, 0) is 0 Å². The molecule has 3 N–H and O–H groups in total. The maximum absolute atomic E-state index is 10.3. The van der Waals surface area contributed by atoms with Gasteiger partial charge in [0.15, 0.2) is 0 Å². The molecule has 0 aliphatic heterocycles. The van der Waals surface area contributed by atoms with Gasteiger partial charge in [-0.25, -0.2) is 0 Å². The summed E-state index contributed by atoms with van der Waals surface area (Å²) in [5, 5.41) is 10.3. The van der Waals surface area contributed by atoms with Crippen LogP contribution in [0.3, 0.4) is 0 Å². The fourth-order valence-corrected chi connectivity index (χ4v) is 0.989. The largest absolute Gasteiger partial charge is 0.383 e. The van der Waals surface area contributed by atoms with E-state index in [0.29, 0.717) is 12.3 Å². The lowest BCUT2D eigenvalue weighted by atomic mass is 10.2. The molecule has 0 bridgehead atoms. The summed E-state index contributed by atoms with van der Waals surface area (Å²) in [5.41, 5.74) is 6.26. The summed E-state index contributed by atoms with van der Waals surface area (Å²) in [5.74, 6) is 0. The fourth-order valence-electron chi connectivity index (χ4n) is 0.989. The summed E-state index contributed by atoms with van der Waals surface area (Å²) >= 11 is 0. The molecule has 1 aromatic rings. The second-order valence-corrected chi connectivity index (χ2v) is 2.63. The van der Waals surface area contributed by atoms with Crippen LogP contribution in [-0.4, -0.2) is 23.6 Å². The van der Waals surface area contributed by atoms with Crippen molar-refractivity contribution in [3.63, 3.8) is 0 Å². The highest BCUT2D eigenvalue weighted by molar-refractivity contribution is 5.31. The van der Waals surface area contributed by atoms with Crippen LogP contribution >= 0.6 is 0 Å². The lowest BCUT2D eigenvalue weighted by molar-refractivity contribution is -0.384. The van der Waals surface area contributed by atoms with Crippen LogP contribution in [0.2, 0.25) is 0 Å². The molecule has 72 valence electrons. The predicted molar refractivity (Wildman–Crippen MR) is 46.3 cm³/mol. The molecule has 0 saturated carbocycles. The summed E-state index contributed by atoms with van der Waals surface area (Å²) in [4.78, 5) is 12.6. The van der Waals surface area contributed by atoms with Gasteiger partial charge in [0.2, 0.25) is 0 Å². The fraction of sp³-hybridized carbons (Fsp3) is 0.429. The van der Waals surface area contributed by atoms with E-state index in [1.165, 1.54) is 19.4 Å². The number of nitrogens with one attached hydrogen (secondary N) is 1. The molecule has 6 heteroatoms. The molecule has 0 aromatic carbocycles. The number of methoxy groups -OCH3 is 1. The van der Waals surface area contributed by atoms with E-state index in [9.17, 15) is 10.1 Å². The van der Waals surface area contributed by atoms with E-state index in [2.05, 4.69) is 4.98 Å². The van der Waals surface area contributed by atoms with Crippen molar-refractivity contribution in [1.82, 2.24) is 4.98 Å². The lowest BCUT2D eigenvalue weighted by Crippen LogP contribution is -2.16. The molecule has 0 unspecified atom stereocenters.